The Bertz CT molecular complexity index is 603. The van der Waals surface area contributed by atoms with E-state index >= 15 is 0 Å². The molecule has 3 heteroatoms. The predicted molar refractivity (Wildman–Crippen MR) is 107 cm³/mol. The van der Waals surface area contributed by atoms with Crippen LogP contribution in [-0.4, -0.2) is 27.6 Å². The largest absolute Gasteiger partial charge is 0.405 e. The minimum absolute atomic E-state index is 0.0321. The summed E-state index contributed by atoms with van der Waals surface area (Å²) in [6.07, 6.45) is 3.76. The third kappa shape index (κ3) is 3.89. The molecule has 2 aromatic carbocycles. The molecule has 1 fully saturated rings. The van der Waals surface area contributed by atoms with E-state index < -0.39 is 8.32 Å². The van der Waals surface area contributed by atoms with Gasteiger partial charge in [0.25, 0.3) is 8.32 Å². The quantitative estimate of drug-likeness (QED) is 0.752. The maximum Gasteiger partial charge on any atom is 0.261 e. The third-order valence-electron chi connectivity index (χ3n) is 5.18. The van der Waals surface area contributed by atoms with Gasteiger partial charge in [0.1, 0.15) is 0 Å². The Balaban J connectivity index is 2.02. The van der Waals surface area contributed by atoms with Crippen LogP contribution in [0.1, 0.15) is 40.0 Å². The number of ether oxygens (including phenoxy) is 1. The van der Waals surface area contributed by atoms with Crippen LogP contribution in [0.3, 0.4) is 0 Å². The number of hydrogen-bond acceptors (Lipinski definition) is 2. The van der Waals surface area contributed by atoms with Crippen molar-refractivity contribution in [2.45, 2.75) is 51.2 Å². The lowest BCUT2D eigenvalue weighted by molar-refractivity contribution is -0.0132. The molecule has 0 N–H and O–H groups in total. The molecular weight excluding hydrogens is 324 g/mol. The molecule has 0 unspecified atom stereocenters. The zero-order valence-corrected chi connectivity index (χ0v) is 16.7. The van der Waals surface area contributed by atoms with Crippen molar-refractivity contribution in [1.29, 1.82) is 0 Å². The summed E-state index contributed by atoms with van der Waals surface area (Å²) in [5.41, 5.74) is 0. The lowest BCUT2D eigenvalue weighted by atomic mass is 10.1. The molecule has 1 aliphatic heterocycles. The van der Waals surface area contributed by atoms with Crippen molar-refractivity contribution in [3.05, 3.63) is 60.7 Å². The maximum absolute atomic E-state index is 6.92. The van der Waals surface area contributed by atoms with Crippen LogP contribution < -0.4 is 10.4 Å². The Hall–Kier alpha value is -1.42. The average molecular weight is 355 g/mol. The van der Waals surface area contributed by atoms with E-state index in [1.807, 2.05) is 0 Å². The van der Waals surface area contributed by atoms with Crippen molar-refractivity contribution in [1.82, 2.24) is 0 Å². The van der Waals surface area contributed by atoms with Crippen LogP contribution in [0.15, 0.2) is 60.7 Å². The Morgan fingerprint density at radius 1 is 0.920 bits per heavy atom. The summed E-state index contributed by atoms with van der Waals surface area (Å²) < 4.78 is 12.9. The normalized spacial score (nSPS) is 18.9. The molecule has 0 spiro atoms. The van der Waals surface area contributed by atoms with E-state index in [9.17, 15) is 0 Å². The van der Waals surface area contributed by atoms with Crippen LogP contribution in [0, 0.1) is 0 Å². The minimum Gasteiger partial charge on any atom is -0.405 e. The average Bonchev–Trinajstić information content (AvgIpc) is 2.64. The lowest BCUT2D eigenvalue weighted by Gasteiger charge is -2.44. The number of benzene rings is 2. The van der Waals surface area contributed by atoms with E-state index in [1.54, 1.807) is 0 Å². The van der Waals surface area contributed by atoms with E-state index in [1.165, 1.54) is 23.2 Å². The fourth-order valence-corrected chi connectivity index (χ4v) is 8.51. The first-order valence-electron chi connectivity index (χ1n) is 9.41. The van der Waals surface area contributed by atoms with Crippen LogP contribution in [0.25, 0.3) is 0 Å². The second-order valence-electron chi connectivity index (χ2n) is 7.96. The van der Waals surface area contributed by atoms with Gasteiger partial charge in [-0.1, -0.05) is 81.4 Å². The van der Waals surface area contributed by atoms with Gasteiger partial charge < -0.3 is 9.16 Å². The molecule has 0 aliphatic carbocycles. The van der Waals surface area contributed by atoms with Gasteiger partial charge in [0.2, 0.25) is 0 Å². The van der Waals surface area contributed by atoms with Crippen molar-refractivity contribution in [3.8, 4) is 0 Å². The van der Waals surface area contributed by atoms with Gasteiger partial charge in [-0.25, -0.2) is 0 Å². The molecule has 1 heterocycles. The highest BCUT2D eigenvalue weighted by atomic mass is 28.4. The molecule has 0 aromatic heterocycles. The molecule has 1 saturated heterocycles. The second kappa shape index (κ2) is 7.86. The van der Waals surface area contributed by atoms with Crippen LogP contribution in [0.5, 0.6) is 0 Å². The Kier molecular flexibility index (Phi) is 5.77. The standard InChI is InChI=1S/C22H30O2Si/c1-22(2,3)25(20-13-6-4-7-14-20,21-15-8-5-9-16-21)24-18-19-12-10-11-17-23-19/h4-9,13-16,19H,10-12,17-18H2,1-3H3/t19-/m0/s1. The van der Waals surface area contributed by atoms with E-state index in [4.69, 9.17) is 9.16 Å². The summed E-state index contributed by atoms with van der Waals surface area (Å²) in [6, 6.07) is 21.7. The van der Waals surface area contributed by atoms with Crippen molar-refractivity contribution in [2.75, 3.05) is 13.2 Å². The first-order chi connectivity index (χ1) is 12.0. The van der Waals surface area contributed by atoms with Crippen molar-refractivity contribution >= 4 is 18.7 Å². The van der Waals surface area contributed by atoms with Gasteiger partial charge in [-0.2, -0.15) is 0 Å². The highest BCUT2D eigenvalue weighted by molar-refractivity contribution is 6.99. The number of hydrogen-bond donors (Lipinski definition) is 0. The molecule has 2 nitrogen and oxygen atoms in total. The maximum atomic E-state index is 6.92. The van der Waals surface area contributed by atoms with Crippen molar-refractivity contribution in [2.24, 2.45) is 0 Å². The van der Waals surface area contributed by atoms with Crippen LogP contribution >= 0.6 is 0 Å². The lowest BCUT2D eigenvalue weighted by Crippen LogP contribution is -2.67. The van der Waals surface area contributed by atoms with Gasteiger partial charge in [0.15, 0.2) is 0 Å². The molecule has 25 heavy (non-hydrogen) atoms. The zero-order valence-electron chi connectivity index (χ0n) is 15.7. The Morgan fingerprint density at radius 2 is 1.48 bits per heavy atom. The fourth-order valence-electron chi connectivity index (χ4n) is 3.92. The zero-order chi connectivity index (χ0) is 17.8. The highest BCUT2D eigenvalue weighted by Crippen LogP contribution is 2.37. The van der Waals surface area contributed by atoms with Crippen molar-refractivity contribution in [3.63, 3.8) is 0 Å². The van der Waals surface area contributed by atoms with Gasteiger partial charge in [-0.05, 0) is 34.7 Å². The van der Waals surface area contributed by atoms with Gasteiger partial charge in [0, 0.05) is 6.61 Å². The number of rotatable bonds is 5. The molecule has 0 saturated carbocycles. The first-order valence-corrected chi connectivity index (χ1v) is 11.3. The smallest absolute Gasteiger partial charge is 0.261 e. The molecular formula is C22H30O2Si. The van der Waals surface area contributed by atoms with E-state index in [-0.39, 0.29) is 11.1 Å². The van der Waals surface area contributed by atoms with Crippen LogP contribution in [0.2, 0.25) is 5.04 Å². The summed E-state index contributed by atoms with van der Waals surface area (Å²) >= 11 is 0. The molecule has 3 rings (SSSR count). The SMILES string of the molecule is CC(C)(C)[Si](OC[C@@H]1CCCCO1)(c1ccccc1)c1ccccc1. The monoisotopic (exact) mass is 354 g/mol. The second-order valence-corrected chi connectivity index (χ2v) is 12.3. The van der Waals surface area contributed by atoms with Crippen molar-refractivity contribution < 1.29 is 9.16 Å². The Labute approximate surface area is 153 Å². The highest BCUT2D eigenvalue weighted by Gasteiger charge is 2.50. The molecule has 0 amide bonds. The van der Waals surface area contributed by atoms with Gasteiger partial charge in [0.05, 0.1) is 12.7 Å². The van der Waals surface area contributed by atoms with Crippen LogP contribution in [0.4, 0.5) is 0 Å². The molecule has 2 aromatic rings. The van der Waals surface area contributed by atoms with E-state index in [0.29, 0.717) is 6.61 Å². The topological polar surface area (TPSA) is 18.5 Å². The minimum atomic E-state index is -2.41. The third-order valence-corrected chi connectivity index (χ3v) is 10.2. The Morgan fingerprint density at radius 3 is 1.92 bits per heavy atom. The molecule has 1 aliphatic rings. The molecule has 1 atom stereocenters. The van der Waals surface area contributed by atoms with E-state index in [2.05, 4.69) is 81.4 Å². The van der Waals surface area contributed by atoms with Crippen LogP contribution in [-0.2, 0) is 9.16 Å². The molecule has 0 bridgehead atoms. The fraction of sp³-hybridized carbons (Fsp3) is 0.455. The summed E-state index contributed by atoms with van der Waals surface area (Å²) in [4.78, 5) is 0. The predicted octanol–water partition coefficient (Wildman–Crippen LogP) is 4.13. The molecule has 0 radical (unpaired) electrons. The van der Waals surface area contributed by atoms with E-state index in [0.717, 1.165) is 13.0 Å². The first kappa shape index (κ1) is 18.4. The van der Waals surface area contributed by atoms with Gasteiger partial charge >= 0.3 is 0 Å². The summed E-state index contributed by atoms with van der Waals surface area (Å²) in [7, 11) is -2.41. The van der Waals surface area contributed by atoms with Gasteiger partial charge in [-0.3, -0.25) is 0 Å². The summed E-state index contributed by atoms with van der Waals surface area (Å²) in [6.45, 7) is 8.52. The van der Waals surface area contributed by atoms with Gasteiger partial charge in [-0.15, -0.1) is 0 Å². The summed E-state index contributed by atoms with van der Waals surface area (Å²) in [5.74, 6) is 0. The summed E-state index contributed by atoms with van der Waals surface area (Å²) in [5, 5.41) is 2.71. The molecule has 134 valence electrons.